The zero-order valence-electron chi connectivity index (χ0n) is 10.6. The Morgan fingerprint density at radius 2 is 1.89 bits per heavy atom. The summed E-state index contributed by atoms with van der Waals surface area (Å²) >= 11 is 0. The van der Waals surface area contributed by atoms with Crippen molar-refractivity contribution in [3.05, 3.63) is 12.0 Å². The van der Waals surface area contributed by atoms with Gasteiger partial charge < -0.3 is 19.6 Å². The average Bonchev–Trinajstić information content (AvgIpc) is 2.86. The van der Waals surface area contributed by atoms with E-state index in [1.807, 2.05) is 0 Å². The number of hydrogen-bond donors (Lipinski definition) is 2. The molecule has 0 aliphatic carbocycles. The van der Waals surface area contributed by atoms with E-state index in [0.29, 0.717) is 30.6 Å². The van der Waals surface area contributed by atoms with Crippen LogP contribution in [0.4, 0.5) is 12.0 Å². The maximum absolute atomic E-state index is 5.39. The van der Waals surface area contributed by atoms with Gasteiger partial charge in [0.15, 0.2) is 0 Å². The minimum Gasteiger partial charge on any atom is -0.481 e. The normalized spacial score (nSPS) is 10.3. The first kappa shape index (κ1) is 13.0. The van der Waals surface area contributed by atoms with Crippen LogP contribution < -0.4 is 20.5 Å². The Morgan fingerprint density at radius 3 is 2.47 bits per heavy atom. The predicted octanol–water partition coefficient (Wildman–Crippen LogP) is 0.122. The van der Waals surface area contributed by atoms with Crippen LogP contribution in [0, 0.1) is 0 Å². The van der Waals surface area contributed by atoms with Crippen LogP contribution in [-0.4, -0.2) is 40.9 Å². The second-order valence-electron chi connectivity index (χ2n) is 3.44. The van der Waals surface area contributed by atoms with Gasteiger partial charge in [-0.1, -0.05) is 5.10 Å². The molecule has 0 saturated heterocycles. The maximum Gasteiger partial charge on any atom is 0.322 e. The van der Waals surface area contributed by atoms with Crippen LogP contribution in [0.15, 0.2) is 10.5 Å². The number of aromatic nitrogens is 4. The van der Waals surface area contributed by atoms with Crippen molar-refractivity contribution in [2.45, 2.75) is 6.42 Å². The van der Waals surface area contributed by atoms with Crippen molar-refractivity contribution in [1.29, 1.82) is 0 Å². The van der Waals surface area contributed by atoms with E-state index in [-0.39, 0.29) is 12.0 Å². The van der Waals surface area contributed by atoms with E-state index in [4.69, 9.17) is 19.6 Å². The molecule has 0 aromatic carbocycles. The highest BCUT2D eigenvalue weighted by molar-refractivity contribution is 5.42. The molecular weight excluding hydrogens is 252 g/mol. The fourth-order valence-corrected chi connectivity index (χ4v) is 1.29. The molecule has 0 bridgehead atoms. The van der Waals surface area contributed by atoms with Gasteiger partial charge in [-0.15, -0.1) is 5.10 Å². The van der Waals surface area contributed by atoms with Gasteiger partial charge in [0.05, 0.1) is 20.3 Å². The summed E-state index contributed by atoms with van der Waals surface area (Å²) in [5.74, 6) is 1.39. The Hall–Kier alpha value is -2.42. The molecule has 0 radical (unpaired) electrons. The summed E-state index contributed by atoms with van der Waals surface area (Å²) in [5.41, 5.74) is 5.39. The third-order valence-corrected chi connectivity index (χ3v) is 2.14. The van der Waals surface area contributed by atoms with Crippen LogP contribution in [0.5, 0.6) is 11.8 Å². The largest absolute Gasteiger partial charge is 0.481 e. The molecule has 0 atom stereocenters. The molecule has 9 heteroatoms. The van der Waals surface area contributed by atoms with Crippen molar-refractivity contribution in [3.8, 4) is 11.8 Å². The van der Waals surface area contributed by atoms with Crippen LogP contribution in [0.2, 0.25) is 0 Å². The van der Waals surface area contributed by atoms with Gasteiger partial charge in [0, 0.05) is 13.0 Å². The van der Waals surface area contributed by atoms with E-state index in [2.05, 4.69) is 25.5 Å². The van der Waals surface area contributed by atoms with Crippen LogP contribution in [0.1, 0.15) is 5.89 Å². The highest BCUT2D eigenvalue weighted by Gasteiger charge is 2.10. The lowest BCUT2D eigenvalue weighted by atomic mass is 10.4. The van der Waals surface area contributed by atoms with Crippen molar-refractivity contribution >= 4 is 12.0 Å². The number of anilines is 2. The van der Waals surface area contributed by atoms with E-state index in [9.17, 15) is 0 Å². The standard InChI is InChI=1S/C10H14N6O3/c1-17-7-5-8(18-2)13-9(12-7)14-10-16-15-6(19-10)3-4-11/h5H,3-4,11H2,1-2H3,(H,12,13,14,16). The lowest BCUT2D eigenvalue weighted by molar-refractivity contribution is 0.373. The Morgan fingerprint density at radius 1 is 1.21 bits per heavy atom. The highest BCUT2D eigenvalue weighted by Crippen LogP contribution is 2.19. The van der Waals surface area contributed by atoms with Crippen molar-refractivity contribution < 1.29 is 13.9 Å². The zero-order chi connectivity index (χ0) is 13.7. The molecule has 0 amide bonds. The summed E-state index contributed by atoms with van der Waals surface area (Å²) in [6, 6.07) is 1.73. The van der Waals surface area contributed by atoms with Crippen LogP contribution in [0.3, 0.4) is 0 Å². The predicted molar refractivity (Wildman–Crippen MR) is 65.5 cm³/mol. The maximum atomic E-state index is 5.39. The molecule has 0 aliphatic rings. The Kier molecular flexibility index (Phi) is 4.08. The molecule has 19 heavy (non-hydrogen) atoms. The van der Waals surface area contributed by atoms with Crippen LogP contribution in [-0.2, 0) is 6.42 Å². The van der Waals surface area contributed by atoms with Gasteiger partial charge in [-0.3, -0.25) is 5.32 Å². The summed E-state index contributed by atoms with van der Waals surface area (Å²) in [7, 11) is 3.00. The summed E-state index contributed by atoms with van der Waals surface area (Å²) in [6.45, 7) is 0.436. The fraction of sp³-hybridized carbons (Fsp3) is 0.400. The second-order valence-corrected chi connectivity index (χ2v) is 3.44. The van der Waals surface area contributed by atoms with E-state index >= 15 is 0 Å². The number of nitrogens with zero attached hydrogens (tertiary/aromatic N) is 4. The molecule has 0 fully saturated rings. The minimum absolute atomic E-state index is 0.179. The molecule has 0 saturated carbocycles. The van der Waals surface area contributed by atoms with Gasteiger partial charge in [0.25, 0.3) is 0 Å². The Balaban J connectivity index is 2.16. The number of methoxy groups -OCH3 is 2. The van der Waals surface area contributed by atoms with Crippen molar-refractivity contribution in [2.75, 3.05) is 26.1 Å². The lowest BCUT2D eigenvalue weighted by Gasteiger charge is -2.05. The topological polar surface area (TPSA) is 121 Å². The monoisotopic (exact) mass is 266 g/mol. The number of nitrogens with one attached hydrogen (secondary N) is 1. The van der Waals surface area contributed by atoms with Gasteiger partial charge in [0.2, 0.25) is 23.6 Å². The minimum atomic E-state index is 0.179. The van der Waals surface area contributed by atoms with Gasteiger partial charge >= 0.3 is 6.01 Å². The molecule has 3 N–H and O–H groups in total. The first-order valence-electron chi connectivity index (χ1n) is 5.51. The molecule has 2 aromatic rings. The molecule has 0 aliphatic heterocycles. The van der Waals surface area contributed by atoms with E-state index in [1.165, 1.54) is 14.2 Å². The zero-order valence-corrected chi connectivity index (χ0v) is 10.6. The van der Waals surface area contributed by atoms with E-state index < -0.39 is 0 Å². The second kappa shape index (κ2) is 5.96. The number of ether oxygens (including phenoxy) is 2. The van der Waals surface area contributed by atoms with Crippen LogP contribution >= 0.6 is 0 Å². The number of nitrogens with two attached hydrogens (primary N) is 1. The number of hydrogen-bond acceptors (Lipinski definition) is 9. The van der Waals surface area contributed by atoms with Crippen molar-refractivity contribution in [1.82, 2.24) is 20.2 Å². The van der Waals surface area contributed by atoms with Gasteiger partial charge in [0.1, 0.15) is 0 Å². The molecule has 0 unspecified atom stereocenters. The van der Waals surface area contributed by atoms with Gasteiger partial charge in [-0.2, -0.15) is 9.97 Å². The first-order valence-corrected chi connectivity index (χ1v) is 5.51. The highest BCUT2D eigenvalue weighted by atomic mass is 16.5. The fourth-order valence-electron chi connectivity index (χ4n) is 1.29. The number of rotatable bonds is 6. The van der Waals surface area contributed by atoms with Crippen molar-refractivity contribution in [3.63, 3.8) is 0 Å². The molecule has 2 aromatic heterocycles. The average molecular weight is 266 g/mol. The summed E-state index contributed by atoms with van der Waals surface area (Å²) < 4.78 is 15.3. The molecule has 2 heterocycles. The molecule has 2 rings (SSSR count). The Bertz CT molecular complexity index is 522. The summed E-state index contributed by atoms with van der Waals surface area (Å²) in [4.78, 5) is 8.15. The quantitative estimate of drug-likeness (QED) is 0.750. The molecule has 102 valence electrons. The third kappa shape index (κ3) is 3.28. The lowest BCUT2D eigenvalue weighted by Crippen LogP contribution is -2.02. The molecule has 9 nitrogen and oxygen atoms in total. The smallest absolute Gasteiger partial charge is 0.322 e. The Labute approximate surface area is 109 Å². The molecule has 0 spiro atoms. The summed E-state index contributed by atoms with van der Waals surface area (Å²) in [6.07, 6.45) is 0.511. The van der Waals surface area contributed by atoms with Gasteiger partial charge in [-0.05, 0) is 0 Å². The van der Waals surface area contributed by atoms with Crippen LogP contribution in [0.25, 0.3) is 0 Å². The van der Waals surface area contributed by atoms with E-state index in [1.54, 1.807) is 6.07 Å². The van der Waals surface area contributed by atoms with E-state index in [0.717, 1.165) is 0 Å². The van der Waals surface area contributed by atoms with Crippen molar-refractivity contribution in [2.24, 2.45) is 5.73 Å². The molecular formula is C10H14N6O3. The van der Waals surface area contributed by atoms with Gasteiger partial charge in [-0.25, -0.2) is 0 Å². The SMILES string of the molecule is COc1cc(OC)nc(Nc2nnc(CCN)o2)n1. The summed E-state index contributed by atoms with van der Waals surface area (Å²) in [5, 5.41) is 10.4. The first-order chi connectivity index (χ1) is 9.25. The third-order valence-electron chi connectivity index (χ3n) is 2.14.